The van der Waals surface area contributed by atoms with Crippen molar-refractivity contribution in [2.75, 3.05) is 13.1 Å². The molecule has 1 aromatic heterocycles. The van der Waals surface area contributed by atoms with Gasteiger partial charge in [0.05, 0.1) is 5.02 Å². The van der Waals surface area contributed by atoms with Crippen molar-refractivity contribution in [1.82, 2.24) is 15.6 Å². The molecule has 0 radical (unpaired) electrons. The molecule has 7 heteroatoms. The predicted octanol–water partition coefficient (Wildman–Crippen LogP) is 3.91. The van der Waals surface area contributed by atoms with Crippen LogP contribution in [0.3, 0.4) is 0 Å². The molecule has 1 atom stereocenters. The van der Waals surface area contributed by atoms with Gasteiger partial charge in [-0.05, 0) is 43.8 Å². The molecule has 0 fully saturated rings. The van der Waals surface area contributed by atoms with E-state index in [-0.39, 0.29) is 17.8 Å². The smallest absolute Gasteiger partial charge is 0.256 e. The summed E-state index contributed by atoms with van der Waals surface area (Å²) in [6, 6.07) is 8.36. The molecule has 1 amide bonds. The van der Waals surface area contributed by atoms with Gasteiger partial charge in [-0.15, -0.1) is 0 Å². The average molecular weight is 368 g/mol. The van der Waals surface area contributed by atoms with E-state index in [1.54, 1.807) is 36.5 Å². The number of aromatic nitrogens is 1. The molecule has 0 saturated heterocycles. The molecule has 0 bridgehead atoms. The van der Waals surface area contributed by atoms with Crippen molar-refractivity contribution in [3.8, 4) is 11.6 Å². The van der Waals surface area contributed by atoms with Crippen LogP contribution in [0.25, 0.3) is 0 Å². The van der Waals surface area contributed by atoms with Crippen LogP contribution in [0.2, 0.25) is 10.0 Å². The number of carbonyl (C=O) groups excluding carboxylic acids is 1. The molecule has 1 aromatic carbocycles. The first-order valence-electron chi connectivity index (χ1n) is 7.60. The van der Waals surface area contributed by atoms with E-state index in [0.717, 1.165) is 6.54 Å². The molecule has 0 aliphatic rings. The van der Waals surface area contributed by atoms with Crippen LogP contribution in [0.5, 0.6) is 11.6 Å². The van der Waals surface area contributed by atoms with Crippen LogP contribution < -0.4 is 15.4 Å². The number of rotatable bonds is 7. The zero-order valence-electron chi connectivity index (χ0n) is 13.5. The molecule has 128 valence electrons. The number of carbonyl (C=O) groups is 1. The summed E-state index contributed by atoms with van der Waals surface area (Å²) in [6.07, 6.45) is 1.55. The molecule has 2 rings (SSSR count). The Morgan fingerprint density at radius 2 is 2.12 bits per heavy atom. The van der Waals surface area contributed by atoms with E-state index >= 15 is 0 Å². The first-order chi connectivity index (χ1) is 11.5. The number of hydrogen-bond donors (Lipinski definition) is 2. The number of nitrogens with one attached hydrogen (secondary N) is 2. The SMILES string of the molecule is CCN[C@H](C)CNC(=O)c1cccnc1Oc1ccc(Cl)cc1Cl. The Morgan fingerprint density at radius 1 is 1.33 bits per heavy atom. The maximum Gasteiger partial charge on any atom is 0.256 e. The number of likely N-dealkylation sites (N-methyl/N-ethyl adjacent to an activating group) is 1. The van der Waals surface area contributed by atoms with Crippen molar-refractivity contribution in [3.05, 3.63) is 52.1 Å². The van der Waals surface area contributed by atoms with Gasteiger partial charge in [0.1, 0.15) is 11.3 Å². The van der Waals surface area contributed by atoms with Gasteiger partial charge < -0.3 is 15.4 Å². The van der Waals surface area contributed by atoms with E-state index in [2.05, 4.69) is 15.6 Å². The number of hydrogen-bond acceptors (Lipinski definition) is 4. The number of benzene rings is 1. The lowest BCUT2D eigenvalue weighted by atomic mass is 10.2. The second kappa shape index (κ2) is 8.87. The fourth-order valence-electron chi connectivity index (χ4n) is 2.07. The van der Waals surface area contributed by atoms with Crippen LogP contribution in [0.4, 0.5) is 0 Å². The topological polar surface area (TPSA) is 63.2 Å². The molecule has 0 unspecified atom stereocenters. The first-order valence-corrected chi connectivity index (χ1v) is 8.36. The van der Waals surface area contributed by atoms with Crippen LogP contribution in [-0.4, -0.2) is 30.0 Å². The number of pyridine rings is 1. The van der Waals surface area contributed by atoms with Gasteiger partial charge in [-0.1, -0.05) is 30.1 Å². The highest BCUT2D eigenvalue weighted by molar-refractivity contribution is 6.35. The number of amides is 1. The van der Waals surface area contributed by atoms with Crippen molar-refractivity contribution in [2.45, 2.75) is 19.9 Å². The molecule has 0 aliphatic carbocycles. The Bertz CT molecular complexity index is 710. The van der Waals surface area contributed by atoms with Crippen LogP contribution in [0.1, 0.15) is 24.2 Å². The fraction of sp³-hybridized carbons (Fsp3) is 0.294. The third-order valence-corrected chi connectivity index (χ3v) is 3.77. The summed E-state index contributed by atoms with van der Waals surface area (Å²) in [5, 5.41) is 6.94. The zero-order chi connectivity index (χ0) is 17.5. The van der Waals surface area contributed by atoms with Crippen molar-refractivity contribution >= 4 is 29.1 Å². The first kappa shape index (κ1) is 18.5. The van der Waals surface area contributed by atoms with Gasteiger partial charge in [-0.25, -0.2) is 4.98 Å². The monoisotopic (exact) mass is 367 g/mol. The van der Waals surface area contributed by atoms with Crippen molar-refractivity contribution in [1.29, 1.82) is 0 Å². The largest absolute Gasteiger partial charge is 0.437 e. The Balaban J connectivity index is 2.13. The molecule has 0 saturated carbocycles. The van der Waals surface area contributed by atoms with Gasteiger partial charge in [0.2, 0.25) is 5.88 Å². The van der Waals surface area contributed by atoms with Gasteiger partial charge in [0, 0.05) is 23.8 Å². The number of nitrogens with zero attached hydrogens (tertiary/aromatic N) is 1. The molecular formula is C17H19Cl2N3O2. The van der Waals surface area contributed by atoms with Gasteiger partial charge >= 0.3 is 0 Å². The standard InChI is InChI=1S/C17H19Cl2N3O2/c1-3-20-11(2)10-22-16(23)13-5-4-8-21-17(13)24-15-7-6-12(18)9-14(15)19/h4-9,11,20H,3,10H2,1-2H3,(H,22,23)/t11-/m1/s1. The summed E-state index contributed by atoms with van der Waals surface area (Å²) in [5.41, 5.74) is 0.340. The Labute approximate surface area is 151 Å². The van der Waals surface area contributed by atoms with Crippen LogP contribution in [0, 0.1) is 0 Å². The third kappa shape index (κ3) is 5.09. The van der Waals surface area contributed by atoms with E-state index < -0.39 is 0 Å². The fourth-order valence-corrected chi connectivity index (χ4v) is 2.52. The van der Waals surface area contributed by atoms with Crippen molar-refractivity contribution in [2.24, 2.45) is 0 Å². The maximum atomic E-state index is 12.4. The highest BCUT2D eigenvalue weighted by atomic mass is 35.5. The molecule has 0 aliphatic heterocycles. The number of ether oxygens (including phenoxy) is 1. The highest BCUT2D eigenvalue weighted by Gasteiger charge is 2.16. The lowest BCUT2D eigenvalue weighted by Crippen LogP contribution is -2.38. The Kier molecular flexibility index (Phi) is 6.85. The van der Waals surface area contributed by atoms with E-state index in [4.69, 9.17) is 27.9 Å². The molecule has 2 N–H and O–H groups in total. The van der Waals surface area contributed by atoms with E-state index in [0.29, 0.717) is 27.9 Å². The van der Waals surface area contributed by atoms with Crippen LogP contribution in [0.15, 0.2) is 36.5 Å². The average Bonchev–Trinajstić information content (AvgIpc) is 2.56. The Morgan fingerprint density at radius 3 is 2.83 bits per heavy atom. The second-order valence-electron chi connectivity index (χ2n) is 5.20. The summed E-state index contributed by atoms with van der Waals surface area (Å²) >= 11 is 12.0. The quantitative estimate of drug-likeness (QED) is 0.778. The van der Waals surface area contributed by atoms with Gasteiger partial charge in [0.25, 0.3) is 5.91 Å². The third-order valence-electron chi connectivity index (χ3n) is 3.24. The van der Waals surface area contributed by atoms with Crippen molar-refractivity contribution in [3.63, 3.8) is 0 Å². The van der Waals surface area contributed by atoms with E-state index in [1.165, 1.54) is 0 Å². The lowest BCUT2D eigenvalue weighted by Gasteiger charge is -2.14. The van der Waals surface area contributed by atoms with Crippen LogP contribution >= 0.6 is 23.2 Å². The minimum atomic E-state index is -0.257. The van der Waals surface area contributed by atoms with E-state index in [9.17, 15) is 4.79 Å². The highest BCUT2D eigenvalue weighted by Crippen LogP contribution is 2.31. The summed E-state index contributed by atoms with van der Waals surface area (Å²) in [4.78, 5) is 16.5. The normalized spacial score (nSPS) is 11.8. The minimum Gasteiger partial charge on any atom is -0.437 e. The van der Waals surface area contributed by atoms with Crippen LogP contribution in [-0.2, 0) is 0 Å². The summed E-state index contributed by atoms with van der Waals surface area (Å²) in [6.45, 7) is 5.36. The molecule has 1 heterocycles. The molecule has 0 spiro atoms. The van der Waals surface area contributed by atoms with Gasteiger partial charge in [-0.2, -0.15) is 0 Å². The molecule has 5 nitrogen and oxygen atoms in total. The predicted molar refractivity (Wildman–Crippen MR) is 96.2 cm³/mol. The van der Waals surface area contributed by atoms with Gasteiger partial charge in [0.15, 0.2) is 0 Å². The summed E-state index contributed by atoms with van der Waals surface area (Å²) in [5.74, 6) is 0.318. The Hall–Kier alpha value is -1.82. The molecule has 2 aromatic rings. The van der Waals surface area contributed by atoms with Gasteiger partial charge in [-0.3, -0.25) is 4.79 Å². The summed E-state index contributed by atoms with van der Waals surface area (Å²) in [7, 11) is 0. The lowest BCUT2D eigenvalue weighted by molar-refractivity contribution is 0.0947. The minimum absolute atomic E-state index is 0.172. The zero-order valence-corrected chi connectivity index (χ0v) is 15.0. The number of halogens is 2. The van der Waals surface area contributed by atoms with Crippen molar-refractivity contribution < 1.29 is 9.53 Å². The molecule has 24 heavy (non-hydrogen) atoms. The summed E-state index contributed by atoms with van der Waals surface area (Å²) < 4.78 is 5.69. The second-order valence-corrected chi connectivity index (χ2v) is 6.05. The molecular weight excluding hydrogens is 349 g/mol. The van der Waals surface area contributed by atoms with E-state index in [1.807, 2.05) is 13.8 Å². The maximum absolute atomic E-state index is 12.4.